The van der Waals surface area contributed by atoms with Crippen LogP contribution < -0.4 is 4.74 Å². The van der Waals surface area contributed by atoms with Gasteiger partial charge in [-0.15, -0.1) is 0 Å². The second-order valence-electron chi connectivity index (χ2n) is 6.28. The number of ether oxygens (including phenoxy) is 1. The molecule has 118 valence electrons. The monoisotopic (exact) mass is 311 g/mol. The van der Waals surface area contributed by atoms with Crippen LogP contribution >= 0.6 is 0 Å². The molecule has 1 aliphatic rings. The third kappa shape index (κ3) is 3.09. The molecule has 1 fully saturated rings. The van der Waals surface area contributed by atoms with Crippen LogP contribution in [0, 0.1) is 25.7 Å². The SMILES string of the molecule is COc1ccc(S(=O)(=O)N2C[C@@H](C)C[C@H](C)C2)c(C)c1C. The number of hydrogen-bond donors (Lipinski definition) is 0. The van der Waals surface area contributed by atoms with Crippen LogP contribution in [0.15, 0.2) is 17.0 Å². The Labute approximate surface area is 128 Å². The fourth-order valence-electron chi connectivity index (χ4n) is 3.21. The Morgan fingerprint density at radius 1 is 1.10 bits per heavy atom. The van der Waals surface area contributed by atoms with E-state index in [0.717, 1.165) is 23.3 Å². The first kappa shape index (κ1) is 16.3. The van der Waals surface area contributed by atoms with E-state index in [9.17, 15) is 8.42 Å². The minimum atomic E-state index is -3.43. The lowest BCUT2D eigenvalue weighted by molar-refractivity contribution is 0.222. The molecule has 1 aliphatic heterocycles. The maximum atomic E-state index is 12.9. The van der Waals surface area contributed by atoms with Gasteiger partial charge in [0.2, 0.25) is 10.0 Å². The summed E-state index contributed by atoms with van der Waals surface area (Å²) in [5, 5.41) is 0. The Kier molecular flexibility index (Phi) is 4.63. The van der Waals surface area contributed by atoms with Gasteiger partial charge in [-0.2, -0.15) is 4.31 Å². The van der Waals surface area contributed by atoms with Gasteiger partial charge in [0.15, 0.2) is 0 Å². The molecule has 0 aromatic heterocycles. The molecule has 1 heterocycles. The summed E-state index contributed by atoms with van der Waals surface area (Å²) in [5.41, 5.74) is 1.66. The van der Waals surface area contributed by atoms with E-state index < -0.39 is 10.0 Å². The highest BCUT2D eigenvalue weighted by Gasteiger charge is 2.32. The molecule has 0 saturated carbocycles. The molecule has 0 amide bonds. The Balaban J connectivity index is 2.42. The van der Waals surface area contributed by atoms with Crippen molar-refractivity contribution in [1.82, 2.24) is 4.31 Å². The molecule has 0 unspecified atom stereocenters. The molecular formula is C16H25NO3S. The van der Waals surface area contributed by atoms with Gasteiger partial charge in [-0.25, -0.2) is 8.42 Å². The van der Waals surface area contributed by atoms with Gasteiger partial charge in [-0.3, -0.25) is 0 Å². The highest BCUT2D eigenvalue weighted by Crippen LogP contribution is 2.31. The number of sulfonamides is 1. The molecule has 4 nitrogen and oxygen atoms in total. The average molecular weight is 311 g/mol. The van der Waals surface area contributed by atoms with Gasteiger partial charge in [0.1, 0.15) is 5.75 Å². The summed E-state index contributed by atoms with van der Waals surface area (Å²) in [6.07, 6.45) is 1.09. The number of nitrogens with zero attached hydrogens (tertiary/aromatic N) is 1. The van der Waals surface area contributed by atoms with Gasteiger partial charge in [-0.1, -0.05) is 13.8 Å². The Morgan fingerprint density at radius 2 is 1.67 bits per heavy atom. The molecular weight excluding hydrogens is 286 g/mol. The van der Waals surface area contributed by atoms with E-state index in [4.69, 9.17) is 4.74 Å². The normalized spacial score (nSPS) is 24.0. The lowest BCUT2D eigenvalue weighted by Crippen LogP contribution is -2.42. The highest BCUT2D eigenvalue weighted by atomic mass is 32.2. The van der Waals surface area contributed by atoms with Gasteiger partial charge in [0, 0.05) is 13.1 Å². The lowest BCUT2D eigenvalue weighted by Gasteiger charge is -2.34. The van der Waals surface area contributed by atoms with Gasteiger partial charge in [0.05, 0.1) is 12.0 Å². The first-order chi connectivity index (χ1) is 9.77. The summed E-state index contributed by atoms with van der Waals surface area (Å²) in [7, 11) is -1.83. The zero-order valence-electron chi connectivity index (χ0n) is 13.5. The minimum absolute atomic E-state index is 0.405. The maximum Gasteiger partial charge on any atom is 0.243 e. The fourth-order valence-corrected chi connectivity index (χ4v) is 5.17. The summed E-state index contributed by atoms with van der Waals surface area (Å²) in [5.74, 6) is 1.54. The smallest absolute Gasteiger partial charge is 0.243 e. The summed E-state index contributed by atoms with van der Waals surface area (Å²) in [6.45, 7) is 9.19. The van der Waals surface area contributed by atoms with E-state index in [1.54, 1.807) is 23.5 Å². The topological polar surface area (TPSA) is 46.6 Å². The Bertz CT molecular complexity index is 615. The predicted octanol–water partition coefficient (Wildman–Crippen LogP) is 2.98. The molecule has 0 aliphatic carbocycles. The molecule has 1 aromatic rings. The van der Waals surface area contributed by atoms with Crippen molar-refractivity contribution in [3.63, 3.8) is 0 Å². The highest BCUT2D eigenvalue weighted by molar-refractivity contribution is 7.89. The van der Waals surface area contributed by atoms with E-state index in [2.05, 4.69) is 13.8 Å². The number of hydrogen-bond acceptors (Lipinski definition) is 3. The summed E-state index contributed by atoms with van der Waals surface area (Å²) >= 11 is 0. The van der Waals surface area contributed by atoms with Crippen molar-refractivity contribution in [3.8, 4) is 5.75 Å². The van der Waals surface area contributed by atoms with Gasteiger partial charge < -0.3 is 4.74 Å². The third-order valence-corrected chi connectivity index (χ3v) is 6.34. The summed E-state index contributed by atoms with van der Waals surface area (Å²) in [6, 6.07) is 3.41. The van der Waals surface area contributed by atoms with E-state index in [-0.39, 0.29) is 0 Å². The van der Waals surface area contributed by atoms with Crippen LogP contribution in [-0.4, -0.2) is 32.9 Å². The van der Waals surface area contributed by atoms with Crippen LogP contribution in [0.3, 0.4) is 0 Å². The maximum absolute atomic E-state index is 12.9. The largest absolute Gasteiger partial charge is 0.496 e. The van der Waals surface area contributed by atoms with Crippen molar-refractivity contribution in [2.24, 2.45) is 11.8 Å². The zero-order chi connectivity index (χ0) is 15.8. The molecule has 1 aromatic carbocycles. The van der Waals surface area contributed by atoms with Crippen LogP contribution in [0.2, 0.25) is 0 Å². The van der Waals surface area contributed by atoms with Crippen molar-refractivity contribution < 1.29 is 13.2 Å². The lowest BCUT2D eigenvalue weighted by atomic mass is 9.94. The predicted molar refractivity (Wildman–Crippen MR) is 84.2 cm³/mol. The first-order valence-electron chi connectivity index (χ1n) is 7.41. The minimum Gasteiger partial charge on any atom is -0.496 e. The van der Waals surface area contributed by atoms with Gasteiger partial charge in [0.25, 0.3) is 0 Å². The second kappa shape index (κ2) is 5.97. The standard InChI is InChI=1S/C16H25NO3S/c1-11-8-12(2)10-17(9-11)21(18,19)16-7-6-15(20-5)13(3)14(16)4/h6-7,11-12H,8-10H2,1-5H3/t11-,12-/m0/s1. The molecule has 0 bridgehead atoms. The van der Waals surface area contributed by atoms with Crippen LogP contribution in [0.4, 0.5) is 0 Å². The fraction of sp³-hybridized carbons (Fsp3) is 0.625. The van der Waals surface area contributed by atoms with Crippen molar-refractivity contribution in [2.45, 2.75) is 39.0 Å². The third-order valence-electron chi connectivity index (χ3n) is 4.36. The molecule has 2 atom stereocenters. The molecule has 1 saturated heterocycles. The van der Waals surface area contributed by atoms with Crippen molar-refractivity contribution >= 4 is 10.0 Å². The van der Waals surface area contributed by atoms with E-state index in [1.807, 2.05) is 13.8 Å². The van der Waals surface area contributed by atoms with Crippen molar-refractivity contribution in [1.29, 1.82) is 0 Å². The van der Waals surface area contributed by atoms with Gasteiger partial charge >= 0.3 is 0 Å². The molecule has 5 heteroatoms. The number of rotatable bonds is 3. The Hall–Kier alpha value is -1.07. The number of methoxy groups -OCH3 is 1. The second-order valence-corrected chi connectivity index (χ2v) is 8.19. The van der Waals surface area contributed by atoms with E-state index in [1.165, 1.54) is 0 Å². The quantitative estimate of drug-likeness (QED) is 0.862. The zero-order valence-corrected chi connectivity index (χ0v) is 14.3. The average Bonchev–Trinajstić information content (AvgIpc) is 2.40. The van der Waals surface area contributed by atoms with E-state index in [0.29, 0.717) is 29.8 Å². The molecule has 21 heavy (non-hydrogen) atoms. The van der Waals surface area contributed by atoms with E-state index >= 15 is 0 Å². The van der Waals surface area contributed by atoms with Crippen LogP contribution in [-0.2, 0) is 10.0 Å². The van der Waals surface area contributed by atoms with Crippen LogP contribution in [0.5, 0.6) is 5.75 Å². The van der Waals surface area contributed by atoms with Crippen molar-refractivity contribution in [2.75, 3.05) is 20.2 Å². The molecule has 0 radical (unpaired) electrons. The molecule has 0 N–H and O–H groups in total. The number of piperidine rings is 1. The van der Waals surface area contributed by atoms with Crippen LogP contribution in [0.1, 0.15) is 31.4 Å². The number of benzene rings is 1. The molecule has 0 spiro atoms. The van der Waals surface area contributed by atoms with Gasteiger partial charge in [-0.05, 0) is 55.4 Å². The first-order valence-corrected chi connectivity index (χ1v) is 8.85. The molecule has 2 rings (SSSR count). The summed E-state index contributed by atoms with van der Waals surface area (Å²) in [4.78, 5) is 0.405. The van der Waals surface area contributed by atoms with Crippen molar-refractivity contribution in [3.05, 3.63) is 23.3 Å². The summed E-state index contributed by atoms with van der Waals surface area (Å²) < 4.78 is 32.8. The Morgan fingerprint density at radius 3 is 2.19 bits per heavy atom. The van der Waals surface area contributed by atoms with Crippen LogP contribution in [0.25, 0.3) is 0 Å².